The Bertz CT molecular complexity index is 600. The topological polar surface area (TPSA) is 61.7 Å². The summed E-state index contributed by atoms with van der Waals surface area (Å²) in [6.07, 6.45) is 5.12. The highest BCUT2D eigenvalue weighted by atomic mass is 16.2. The predicted octanol–water partition coefficient (Wildman–Crippen LogP) is 0.323. The number of carbonyl (C=O) groups excluding carboxylic acids is 2. The molecule has 7 heteroatoms. The summed E-state index contributed by atoms with van der Waals surface area (Å²) in [6, 6.07) is 0. The van der Waals surface area contributed by atoms with Gasteiger partial charge in [0.15, 0.2) is 0 Å². The fourth-order valence-corrected chi connectivity index (χ4v) is 3.60. The molecule has 0 radical (unpaired) electrons. The van der Waals surface area contributed by atoms with E-state index < -0.39 is 0 Å². The lowest BCUT2D eigenvalue weighted by molar-refractivity contribution is -0.135. The molecule has 24 heavy (non-hydrogen) atoms. The molecule has 1 aromatic heterocycles. The molecule has 0 unspecified atom stereocenters. The van der Waals surface area contributed by atoms with Crippen LogP contribution in [0.3, 0.4) is 0 Å². The van der Waals surface area contributed by atoms with Gasteiger partial charge in [0, 0.05) is 65.1 Å². The predicted molar refractivity (Wildman–Crippen MR) is 90.0 cm³/mol. The summed E-state index contributed by atoms with van der Waals surface area (Å²) in [6.45, 7) is 7.41. The highest BCUT2D eigenvalue weighted by Crippen LogP contribution is 2.21. The Balaban J connectivity index is 1.54. The molecule has 2 amide bonds. The second-order valence-electron chi connectivity index (χ2n) is 6.74. The van der Waals surface area contributed by atoms with Crippen LogP contribution in [0.25, 0.3) is 0 Å². The number of aryl methyl sites for hydroxylation is 1. The number of aromatic nitrogens is 2. The van der Waals surface area contributed by atoms with Crippen molar-refractivity contribution in [2.24, 2.45) is 13.0 Å². The van der Waals surface area contributed by atoms with Crippen molar-refractivity contribution < 1.29 is 9.59 Å². The van der Waals surface area contributed by atoms with Crippen LogP contribution < -0.4 is 0 Å². The van der Waals surface area contributed by atoms with Gasteiger partial charge in [0.25, 0.3) is 0 Å². The van der Waals surface area contributed by atoms with Gasteiger partial charge in [-0.2, -0.15) is 0 Å². The van der Waals surface area contributed by atoms with Crippen LogP contribution in [0.15, 0.2) is 12.4 Å². The van der Waals surface area contributed by atoms with E-state index >= 15 is 0 Å². The van der Waals surface area contributed by atoms with E-state index in [-0.39, 0.29) is 17.7 Å². The van der Waals surface area contributed by atoms with Crippen molar-refractivity contribution in [3.05, 3.63) is 18.2 Å². The number of imidazole rings is 1. The molecule has 3 heterocycles. The highest BCUT2D eigenvalue weighted by molar-refractivity contribution is 5.89. The van der Waals surface area contributed by atoms with Crippen LogP contribution in [0.1, 0.15) is 25.6 Å². The average Bonchev–Trinajstić information content (AvgIpc) is 3.06. The fourth-order valence-electron chi connectivity index (χ4n) is 3.60. The first-order chi connectivity index (χ1) is 11.6. The first-order valence-electron chi connectivity index (χ1n) is 8.83. The van der Waals surface area contributed by atoms with Crippen molar-refractivity contribution in [3.8, 4) is 0 Å². The standard InChI is InChI=1S/C17H27N5O2/c1-3-21-12-14(11-16(21)23)17(24)22-7-4-6-20(9-10-22)13-15-18-5-8-19(15)2/h5,8,14H,3-4,6-7,9-13H2,1-2H3/t14-/m0/s1. The summed E-state index contributed by atoms with van der Waals surface area (Å²) >= 11 is 0. The zero-order chi connectivity index (χ0) is 17.1. The smallest absolute Gasteiger partial charge is 0.228 e. The maximum atomic E-state index is 12.8. The summed E-state index contributed by atoms with van der Waals surface area (Å²) in [5.74, 6) is 1.16. The van der Waals surface area contributed by atoms with E-state index in [0.29, 0.717) is 19.5 Å². The van der Waals surface area contributed by atoms with Gasteiger partial charge in [0.1, 0.15) is 5.82 Å². The van der Waals surface area contributed by atoms with E-state index in [1.807, 2.05) is 35.8 Å². The molecule has 0 spiro atoms. The molecule has 3 rings (SSSR count). The molecule has 1 aromatic rings. The maximum Gasteiger partial charge on any atom is 0.228 e. The van der Waals surface area contributed by atoms with Crippen LogP contribution in [0.5, 0.6) is 0 Å². The summed E-state index contributed by atoms with van der Waals surface area (Å²) in [5, 5.41) is 0. The molecule has 0 aromatic carbocycles. The van der Waals surface area contributed by atoms with Crippen LogP contribution >= 0.6 is 0 Å². The van der Waals surface area contributed by atoms with Crippen molar-refractivity contribution in [2.75, 3.05) is 39.3 Å². The second-order valence-corrected chi connectivity index (χ2v) is 6.74. The van der Waals surface area contributed by atoms with E-state index in [1.165, 1.54) is 0 Å². The van der Waals surface area contributed by atoms with Crippen LogP contribution in [0.2, 0.25) is 0 Å². The molecule has 0 bridgehead atoms. The molecular formula is C17H27N5O2. The van der Waals surface area contributed by atoms with E-state index in [0.717, 1.165) is 45.0 Å². The number of likely N-dealkylation sites (tertiary alicyclic amines) is 1. The molecular weight excluding hydrogens is 306 g/mol. The molecule has 132 valence electrons. The molecule has 2 saturated heterocycles. The molecule has 0 aliphatic carbocycles. The van der Waals surface area contributed by atoms with Crippen LogP contribution in [0, 0.1) is 5.92 Å². The molecule has 7 nitrogen and oxygen atoms in total. The van der Waals surface area contributed by atoms with Crippen molar-refractivity contribution in [3.63, 3.8) is 0 Å². The van der Waals surface area contributed by atoms with E-state index in [2.05, 4.69) is 9.88 Å². The molecule has 2 aliphatic heterocycles. The van der Waals surface area contributed by atoms with E-state index in [1.54, 1.807) is 4.90 Å². The van der Waals surface area contributed by atoms with Crippen molar-refractivity contribution >= 4 is 11.8 Å². The summed E-state index contributed by atoms with van der Waals surface area (Å²) < 4.78 is 2.04. The van der Waals surface area contributed by atoms with Gasteiger partial charge in [-0.25, -0.2) is 4.98 Å². The minimum absolute atomic E-state index is 0.113. The van der Waals surface area contributed by atoms with Crippen LogP contribution in [0.4, 0.5) is 0 Å². The first kappa shape index (κ1) is 17.0. The summed E-state index contributed by atoms with van der Waals surface area (Å²) in [5.41, 5.74) is 0. The Hall–Kier alpha value is -1.89. The molecule has 2 aliphatic rings. The normalized spacial score (nSPS) is 22.9. The number of hydrogen-bond donors (Lipinski definition) is 0. The monoisotopic (exact) mass is 333 g/mol. The number of rotatable bonds is 4. The van der Waals surface area contributed by atoms with Crippen molar-refractivity contribution in [1.82, 2.24) is 24.3 Å². The van der Waals surface area contributed by atoms with Gasteiger partial charge in [-0.3, -0.25) is 14.5 Å². The third kappa shape index (κ3) is 3.61. The third-order valence-electron chi connectivity index (χ3n) is 5.13. The van der Waals surface area contributed by atoms with Crippen molar-refractivity contribution in [2.45, 2.75) is 26.3 Å². The van der Waals surface area contributed by atoms with Crippen molar-refractivity contribution in [1.29, 1.82) is 0 Å². The lowest BCUT2D eigenvalue weighted by atomic mass is 10.1. The lowest BCUT2D eigenvalue weighted by Crippen LogP contribution is -2.40. The molecule has 0 saturated carbocycles. The Morgan fingerprint density at radius 2 is 2.12 bits per heavy atom. The Morgan fingerprint density at radius 3 is 2.79 bits per heavy atom. The lowest BCUT2D eigenvalue weighted by Gasteiger charge is -2.24. The third-order valence-corrected chi connectivity index (χ3v) is 5.13. The molecule has 1 atom stereocenters. The number of amides is 2. The largest absolute Gasteiger partial charge is 0.342 e. The highest BCUT2D eigenvalue weighted by Gasteiger charge is 2.36. The summed E-state index contributed by atoms with van der Waals surface area (Å²) in [7, 11) is 2.01. The Morgan fingerprint density at radius 1 is 1.29 bits per heavy atom. The second kappa shape index (κ2) is 7.34. The molecule has 0 N–H and O–H groups in total. The summed E-state index contributed by atoms with van der Waals surface area (Å²) in [4.78, 5) is 35.1. The van der Waals surface area contributed by atoms with E-state index in [4.69, 9.17) is 0 Å². The fraction of sp³-hybridized carbons (Fsp3) is 0.706. The van der Waals surface area contributed by atoms with Crippen LogP contribution in [-0.4, -0.2) is 75.3 Å². The van der Waals surface area contributed by atoms with Gasteiger partial charge in [-0.05, 0) is 13.3 Å². The Kier molecular flexibility index (Phi) is 5.18. The van der Waals surface area contributed by atoms with Gasteiger partial charge < -0.3 is 14.4 Å². The number of hydrogen-bond acceptors (Lipinski definition) is 4. The number of nitrogens with zero attached hydrogens (tertiary/aromatic N) is 5. The number of carbonyl (C=O) groups is 2. The maximum absolute atomic E-state index is 12.8. The van der Waals surface area contributed by atoms with Gasteiger partial charge in [0.2, 0.25) is 11.8 Å². The van der Waals surface area contributed by atoms with Gasteiger partial charge in [-0.15, -0.1) is 0 Å². The average molecular weight is 333 g/mol. The minimum atomic E-state index is -0.154. The Labute approximate surface area is 143 Å². The molecule has 2 fully saturated rings. The van der Waals surface area contributed by atoms with Gasteiger partial charge in [0.05, 0.1) is 12.5 Å². The quantitative estimate of drug-likeness (QED) is 0.796. The van der Waals surface area contributed by atoms with Gasteiger partial charge >= 0.3 is 0 Å². The first-order valence-corrected chi connectivity index (χ1v) is 8.83. The SMILES string of the molecule is CCN1C[C@@H](C(=O)N2CCCN(Cc3nccn3C)CC2)CC1=O. The zero-order valence-corrected chi connectivity index (χ0v) is 14.6. The minimum Gasteiger partial charge on any atom is -0.342 e. The van der Waals surface area contributed by atoms with E-state index in [9.17, 15) is 9.59 Å². The zero-order valence-electron chi connectivity index (χ0n) is 14.6. The van der Waals surface area contributed by atoms with Crippen LogP contribution in [-0.2, 0) is 23.2 Å². The van der Waals surface area contributed by atoms with Gasteiger partial charge in [-0.1, -0.05) is 0 Å².